The summed E-state index contributed by atoms with van der Waals surface area (Å²) in [5.41, 5.74) is 0.531. The van der Waals surface area contributed by atoms with Crippen molar-refractivity contribution in [3.63, 3.8) is 0 Å². The molecular weight excluding hydrogens is 370 g/mol. The molecule has 0 aliphatic rings. The first kappa shape index (κ1) is 18.8. The predicted octanol–water partition coefficient (Wildman–Crippen LogP) is 3.39. The van der Waals surface area contributed by atoms with Gasteiger partial charge < -0.3 is 9.32 Å². The van der Waals surface area contributed by atoms with Crippen molar-refractivity contribution in [2.45, 2.75) is 32.9 Å². The average Bonchev–Trinajstić information content (AvgIpc) is 3.26. The number of aryl methyl sites for hydroxylation is 1. The van der Waals surface area contributed by atoms with Gasteiger partial charge >= 0.3 is 5.76 Å². The first-order valence-corrected chi connectivity index (χ1v) is 9.45. The van der Waals surface area contributed by atoms with Crippen LogP contribution < -0.4 is 5.76 Å². The molecule has 0 fully saturated rings. The van der Waals surface area contributed by atoms with Crippen molar-refractivity contribution in [3.05, 3.63) is 61.3 Å². The van der Waals surface area contributed by atoms with Gasteiger partial charge in [-0.3, -0.25) is 19.5 Å². The number of hydrogen-bond acceptors (Lipinski definition) is 6. The first-order chi connectivity index (χ1) is 13.0. The maximum absolute atomic E-state index is 12.4. The van der Waals surface area contributed by atoms with E-state index in [4.69, 9.17) is 4.42 Å². The van der Waals surface area contributed by atoms with E-state index < -0.39 is 10.7 Å². The molecule has 0 spiro atoms. The highest BCUT2D eigenvalue weighted by Crippen LogP contribution is 2.20. The largest absolute Gasteiger partial charge is 0.419 e. The van der Waals surface area contributed by atoms with Crippen molar-refractivity contribution in [2.75, 3.05) is 6.54 Å². The topological polar surface area (TPSA) is 98.6 Å². The number of nitrogens with zero attached hydrogens (tertiary/aromatic N) is 3. The standard InChI is InChI=1S/C18H19N3O5S/c1-2-19(12-14-5-4-10-27-14)17(22)6-3-9-20-15-8-7-13(21(24)25)11-16(15)26-18(20)23/h4-5,7-8,10-11H,2-3,6,9,12H2,1H3. The molecule has 2 aromatic heterocycles. The van der Waals surface area contributed by atoms with Gasteiger partial charge in [-0.25, -0.2) is 4.79 Å². The van der Waals surface area contributed by atoms with E-state index in [9.17, 15) is 19.7 Å². The van der Waals surface area contributed by atoms with Crippen LogP contribution in [0.5, 0.6) is 0 Å². The number of oxazole rings is 1. The van der Waals surface area contributed by atoms with Crippen molar-refractivity contribution in [1.82, 2.24) is 9.47 Å². The van der Waals surface area contributed by atoms with E-state index in [0.29, 0.717) is 38.0 Å². The molecule has 2 heterocycles. The number of thiophene rings is 1. The van der Waals surface area contributed by atoms with E-state index in [2.05, 4.69) is 0 Å². The Balaban J connectivity index is 1.64. The number of nitro groups is 1. The molecule has 0 aliphatic heterocycles. The fraction of sp³-hybridized carbons (Fsp3) is 0.333. The number of benzene rings is 1. The number of amides is 1. The molecule has 0 atom stereocenters. The molecule has 3 rings (SSSR count). The summed E-state index contributed by atoms with van der Waals surface area (Å²) in [6.45, 7) is 3.46. The van der Waals surface area contributed by atoms with Crippen LogP contribution in [0.3, 0.4) is 0 Å². The van der Waals surface area contributed by atoms with E-state index in [1.54, 1.807) is 16.2 Å². The van der Waals surface area contributed by atoms with Gasteiger partial charge in [0.05, 0.1) is 23.1 Å². The third kappa shape index (κ3) is 4.25. The number of rotatable bonds is 8. The van der Waals surface area contributed by atoms with Gasteiger partial charge in [0.25, 0.3) is 5.69 Å². The van der Waals surface area contributed by atoms with Crippen LogP contribution in [0.25, 0.3) is 11.1 Å². The lowest BCUT2D eigenvalue weighted by Gasteiger charge is -2.20. The van der Waals surface area contributed by atoms with Gasteiger partial charge in [0.15, 0.2) is 5.58 Å². The monoisotopic (exact) mass is 389 g/mol. The van der Waals surface area contributed by atoms with Crippen molar-refractivity contribution >= 4 is 34.0 Å². The summed E-state index contributed by atoms with van der Waals surface area (Å²) in [5.74, 6) is -0.550. The molecule has 9 heteroatoms. The van der Waals surface area contributed by atoms with Crippen LogP contribution in [0, 0.1) is 10.1 Å². The maximum Gasteiger partial charge on any atom is 0.419 e. The molecule has 0 radical (unpaired) electrons. The Morgan fingerprint density at radius 2 is 2.19 bits per heavy atom. The Morgan fingerprint density at radius 1 is 1.37 bits per heavy atom. The van der Waals surface area contributed by atoms with Crippen molar-refractivity contribution in [1.29, 1.82) is 0 Å². The molecule has 0 saturated carbocycles. The van der Waals surface area contributed by atoms with Crippen LogP contribution in [0.4, 0.5) is 5.69 Å². The SMILES string of the molecule is CCN(Cc1cccs1)C(=O)CCCn1c(=O)oc2cc([N+](=O)[O-])ccc21. The Hall–Kier alpha value is -2.94. The first-order valence-electron chi connectivity index (χ1n) is 8.57. The van der Waals surface area contributed by atoms with E-state index in [-0.39, 0.29) is 17.2 Å². The lowest BCUT2D eigenvalue weighted by atomic mass is 10.2. The van der Waals surface area contributed by atoms with Gasteiger partial charge in [0.1, 0.15) is 0 Å². The van der Waals surface area contributed by atoms with Gasteiger partial charge in [-0.1, -0.05) is 6.07 Å². The van der Waals surface area contributed by atoms with Crippen LogP contribution in [-0.2, 0) is 17.9 Å². The van der Waals surface area contributed by atoms with Gasteiger partial charge in [-0.15, -0.1) is 11.3 Å². The van der Waals surface area contributed by atoms with Gasteiger partial charge in [-0.2, -0.15) is 0 Å². The average molecular weight is 389 g/mol. The molecule has 27 heavy (non-hydrogen) atoms. The molecular formula is C18H19N3O5S. The highest BCUT2D eigenvalue weighted by Gasteiger charge is 2.16. The molecule has 0 aliphatic carbocycles. The number of carbonyl (C=O) groups excluding carboxylic acids is 1. The molecule has 0 bridgehead atoms. The van der Waals surface area contributed by atoms with Crippen molar-refractivity contribution in [3.8, 4) is 0 Å². The second-order valence-corrected chi connectivity index (χ2v) is 7.05. The second kappa shape index (κ2) is 8.17. The highest BCUT2D eigenvalue weighted by atomic mass is 32.1. The van der Waals surface area contributed by atoms with Crippen molar-refractivity contribution < 1.29 is 14.1 Å². The van der Waals surface area contributed by atoms with Crippen LogP contribution >= 0.6 is 11.3 Å². The minimum Gasteiger partial charge on any atom is -0.407 e. The number of carbonyl (C=O) groups is 1. The second-order valence-electron chi connectivity index (χ2n) is 6.02. The molecule has 0 N–H and O–H groups in total. The molecule has 8 nitrogen and oxygen atoms in total. The van der Waals surface area contributed by atoms with Crippen LogP contribution in [-0.4, -0.2) is 26.8 Å². The number of fused-ring (bicyclic) bond motifs is 1. The Labute approximate surface area is 158 Å². The molecule has 0 unspecified atom stereocenters. The summed E-state index contributed by atoms with van der Waals surface area (Å²) in [6.07, 6.45) is 0.788. The van der Waals surface area contributed by atoms with Gasteiger partial charge in [0.2, 0.25) is 5.91 Å². The van der Waals surface area contributed by atoms with Crippen LogP contribution in [0.2, 0.25) is 0 Å². The molecule has 0 saturated heterocycles. The maximum atomic E-state index is 12.4. The third-order valence-corrected chi connectivity index (χ3v) is 5.16. The van der Waals surface area contributed by atoms with Crippen LogP contribution in [0.1, 0.15) is 24.6 Å². The van der Waals surface area contributed by atoms with E-state index in [1.807, 2.05) is 24.4 Å². The van der Waals surface area contributed by atoms with Crippen LogP contribution in [0.15, 0.2) is 44.9 Å². The zero-order valence-corrected chi connectivity index (χ0v) is 15.6. The Morgan fingerprint density at radius 3 is 2.85 bits per heavy atom. The Bertz CT molecular complexity index is 1010. The zero-order chi connectivity index (χ0) is 19.4. The minimum atomic E-state index is -0.580. The highest BCUT2D eigenvalue weighted by molar-refractivity contribution is 7.09. The van der Waals surface area contributed by atoms with Gasteiger partial charge in [-0.05, 0) is 30.9 Å². The van der Waals surface area contributed by atoms with E-state index in [1.165, 1.54) is 22.8 Å². The third-order valence-electron chi connectivity index (χ3n) is 4.30. The normalized spacial score (nSPS) is 11.0. The number of nitro benzene ring substituents is 1. The molecule has 1 amide bonds. The molecule has 1 aromatic carbocycles. The fourth-order valence-corrected chi connectivity index (χ4v) is 3.61. The van der Waals surface area contributed by atoms with Crippen molar-refractivity contribution in [2.24, 2.45) is 0 Å². The number of aromatic nitrogens is 1. The predicted molar refractivity (Wildman–Crippen MR) is 102 cm³/mol. The smallest absolute Gasteiger partial charge is 0.407 e. The lowest BCUT2D eigenvalue weighted by Crippen LogP contribution is -2.30. The molecule has 142 valence electrons. The Kier molecular flexibility index (Phi) is 5.70. The summed E-state index contributed by atoms with van der Waals surface area (Å²) >= 11 is 1.61. The molecule has 3 aromatic rings. The van der Waals surface area contributed by atoms with E-state index >= 15 is 0 Å². The summed E-state index contributed by atoms with van der Waals surface area (Å²) < 4.78 is 6.50. The summed E-state index contributed by atoms with van der Waals surface area (Å²) in [4.78, 5) is 37.7. The fourth-order valence-electron chi connectivity index (χ4n) is 2.89. The summed E-state index contributed by atoms with van der Waals surface area (Å²) in [6, 6.07) is 8.02. The van der Waals surface area contributed by atoms with E-state index in [0.717, 1.165) is 4.88 Å². The quantitative estimate of drug-likeness (QED) is 0.434. The number of hydrogen-bond donors (Lipinski definition) is 0. The summed E-state index contributed by atoms with van der Waals surface area (Å²) in [7, 11) is 0. The number of non-ortho nitro benzene ring substituents is 1. The van der Waals surface area contributed by atoms with Gasteiger partial charge in [0, 0.05) is 30.5 Å². The zero-order valence-electron chi connectivity index (χ0n) is 14.8. The summed E-state index contributed by atoms with van der Waals surface area (Å²) in [5, 5.41) is 12.8. The lowest BCUT2D eigenvalue weighted by molar-refractivity contribution is -0.384. The minimum absolute atomic E-state index is 0.0300.